The van der Waals surface area contributed by atoms with Gasteiger partial charge >= 0.3 is 11.9 Å². The van der Waals surface area contributed by atoms with E-state index in [2.05, 4.69) is 50.3 Å². The van der Waals surface area contributed by atoms with Gasteiger partial charge in [0, 0.05) is 12.8 Å². The molecule has 0 rings (SSSR count). The number of carbonyl (C=O) groups excluding carboxylic acids is 3. The average molecular weight is 1090 g/mol. The summed E-state index contributed by atoms with van der Waals surface area (Å²) in [5, 5.41) is 11.8. The standard InChI is InChI=1S/C68H127NO8/c1-6-8-10-12-14-16-18-20-22-23-24-25-26-27-28-29-30-31-32-33-34-35-36-37-38-39-40-41-42-43-45-47-49-51-53-55-57-59-66(71)77-64(63-76-68(67(72)73)74-61-60-69(3,4)5)62-75-65(70)58-56-54-52-50-48-46-44-21-19-17-15-13-11-9-7-2/h18,20-21,23-24,44,64,68H,6-17,19,22,25-43,45-63H2,1-5H3/b20-18-,24-23-,44-21-. The van der Waals surface area contributed by atoms with E-state index in [0.29, 0.717) is 11.0 Å². The first-order valence-corrected chi connectivity index (χ1v) is 33.1. The largest absolute Gasteiger partial charge is 0.545 e. The van der Waals surface area contributed by atoms with Crippen LogP contribution in [0.25, 0.3) is 0 Å². The highest BCUT2D eigenvalue weighted by molar-refractivity contribution is 5.70. The zero-order valence-corrected chi connectivity index (χ0v) is 51.6. The SMILES string of the molecule is CCCCCCC/C=C\C/C=C\CCCCCCCCCCCCCCCCCCCCCCCCCCCC(=O)OC(COC(=O)CCCCCCC/C=C\CCCCCCCC)COC(OCC[N+](C)(C)C)C(=O)[O-]. The molecule has 452 valence electrons. The van der Waals surface area contributed by atoms with Crippen LogP contribution in [0.5, 0.6) is 0 Å². The molecule has 0 aliphatic heterocycles. The highest BCUT2D eigenvalue weighted by atomic mass is 16.7. The van der Waals surface area contributed by atoms with Crippen molar-refractivity contribution in [3.63, 3.8) is 0 Å². The van der Waals surface area contributed by atoms with Gasteiger partial charge in [-0.1, -0.05) is 275 Å². The third-order valence-electron chi connectivity index (χ3n) is 14.9. The molecule has 2 atom stereocenters. The van der Waals surface area contributed by atoms with Crippen LogP contribution in [0, 0.1) is 0 Å². The third-order valence-corrected chi connectivity index (χ3v) is 14.9. The number of nitrogens with zero attached hydrogens (tertiary/aromatic N) is 1. The van der Waals surface area contributed by atoms with E-state index in [9.17, 15) is 19.5 Å². The van der Waals surface area contributed by atoms with Gasteiger partial charge in [0.1, 0.15) is 13.2 Å². The zero-order valence-electron chi connectivity index (χ0n) is 51.6. The minimum atomic E-state index is -1.62. The van der Waals surface area contributed by atoms with Gasteiger partial charge in [0.25, 0.3) is 0 Å². The average Bonchev–Trinajstić information content (AvgIpc) is 3.40. The number of likely N-dealkylation sites (N-methyl/N-ethyl adjacent to an activating group) is 1. The fourth-order valence-electron chi connectivity index (χ4n) is 9.74. The summed E-state index contributed by atoms with van der Waals surface area (Å²) in [7, 11) is 5.93. The lowest BCUT2D eigenvalue weighted by Gasteiger charge is -2.26. The molecule has 0 aromatic rings. The number of rotatable bonds is 62. The minimum Gasteiger partial charge on any atom is -0.545 e. The number of allylic oxidation sites excluding steroid dienone is 6. The maximum Gasteiger partial charge on any atom is 0.306 e. The van der Waals surface area contributed by atoms with Gasteiger partial charge in [-0.3, -0.25) is 9.59 Å². The fourth-order valence-corrected chi connectivity index (χ4v) is 9.74. The highest BCUT2D eigenvalue weighted by Crippen LogP contribution is 2.18. The van der Waals surface area contributed by atoms with Crippen molar-refractivity contribution >= 4 is 17.9 Å². The molecule has 0 radical (unpaired) electrons. The van der Waals surface area contributed by atoms with Crippen LogP contribution in [0.15, 0.2) is 36.5 Å². The molecule has 0 aliphatic carbocycles. The molecule has 0 aromatic heterocycles. The van der Waals surface area contributed by atoms with E-state index in [-0.39, 0.29) is 38.6 Å². The lowest BCUT2D eigenvalue weighted by molar-refractivity contribution is -0.870. The second kappa shape index (κ2) is 59.6. The topological polar surface area (TPSA) is 111 Å². The molecule has 0 fully saturated rings. The van der Waals surface area contributed by atoms with Crippen molar-refractivity contribution in [3.05, 3.63) is 36.5 Å². The molecular formula is C68H127NO8. The Kier molecular flexibility index (Phi) is 57.7. The van der Waals surface area contributed by atoms with E-state index in [4.69, 9.17) is 18.9 Å². The van der Waals surface area contributed by atoms with Crippen molar-refractivity contribution in [1.82, 2.24) is 0 Å². The number of hydrogen-bond acceptors (Lipinski definition) is 8. The quantitative estimate of drug-likeness (QED) is 0.0195. The summed E-state index contributed by atoms with van der Waals surface area (Å²) in [6.07, 6.45) is 70.9. The normalized spacial score (nSPS) is 12.9. The van der Waals surface area contributed by atoms with Crippen LogP contribution in [0.4, 0.5) is 0 Å². The molecule has 0 aliphatic rings. The number of carboxylic acids is 1. The maximum atomic E-state index is 12.9. The Morgan fingerprint density at radius 3 is 1.04 bits per heavy atom. The number of unbranched alkanes of at least 4 members (excludes halogenated alkanes) is 41. The van der Waals surface area contributed by atoms with E-state index in [0.717, 1.165) is 64.2 Å². The summed E-state index contributed by atoms with van der Waals surface area (Å²) in [4.78, 5) is 37.3. The van der Waals surface area contributed by atoms with Crippen molar-refractivity contribution in [3.8, 4) is 0 Å². The summed E-state index contributed by atoms with van der Waals surface area (Å²) in [6.45, 7) is 4.76. The molecule has 0 saturated carbocycles. The summed E-state index contributed by atoms with van der Waals surface area (Å²) in [5.41, 5.74) is 0. The van der Waals surface area contributed by atoms with E-state index >= 15 is 0 Å². The van der Waals surface area contributed by atoms with Crippen molar-refractivity contribution in [2.24, 2.45) is 0 Å². The fraction of sp³-hybridized carbons (Fsp3) is 0.868. The first kappa shape index (κ1) is 74.5. The van der Waals surface area contributed by atoms with Crippen LogP contribution in [0.1, 0.15) is 322 Å². The number of ether oxygens (including phenoxy) is 4. The summed E-state index contributed by atoms with van der Waals surface area (Å²) in [5.74, 6) is -2.27. The van der Waals surface area contributed by atoms with Crippen LogP contribution in [0.3, 0.4) is 0 Å². The Morgan fingerprint density at radius 2 is 0.701 bits per heavy atom. The smallest absolute Gasteiger partial charge is 0.306 e. The lowest BCUT2D eigenvalue weighted by Crippen LogP contribution is -2.44. The Bertz CT molecular complexity index is 1360. The van der Waals surface area contributed by atoms with Crippen molar-refractivity contribution in [2.75, 3.05) is 47.5 Å². The van der Waals surface area contributed by atoms with E-state index in [1.807, 2.05) is 21.1 Å². The van der Waals surface area contributed by atoms with Gasteiger partial charge in [0.2, 0.25) is 0 Å². The van der Waals surface area contributed by atoms with Crippen molar-refractivity contribution in [2.45, 2.75) is 334 Å². The van der Waals surface area contributed by atoms with Crippen molar-refractivity contribution < 1.29 is 42.9 Å². The molecule has 0 N–H and O–H groups in total. The minimum absolute atomic E-state index is 0.149. The second-order valence-electron chi connectivity index (χ2n) is 23.8. The van der Waals surface area contributed by atoms with E-state index < -0.39 is 24.3 Å². The predicted molar refractivity (Wildman–Crippen MR) is 325 cm³/mol. The predicted octanol–water partition coefficient (Wildman–Crippen LogP) is 18.7. The molecule has 0 amide bonds. The Hall–Kier alpha value is -2.49. The maximum absolute atomic E-state index is 12.9. The van der Waals surface area contributed by atoms with Gasteiger partial charge in [-0.25, -0.2) is 0 Å². The summed E-state index contributed by atoms with van der Waals surface area (Å²) >= 11 is 0. The zero-order chi connectivity index (χ0) is 56.2. The number of hydrogen-bond donors (Lipinski definition) is 0. The number of carboxylic acid groups (broad SMARTS) is 1. The van der Waals surface area contributed by atoms with Crippen LogP contribution < -0.4 is 5.11 Å². The number of quaternary nitrogens is 1. The second-order valence-corrected chi connectivity index (χ2v) is 23.8. The number of aliphatic carboxylic acids is 1. The molecule has 0 aromatic carbocycles. The van der Waals surface area contributed by atoms with Crippen LogP contribution >= 0.6 is 0 Å². The van der Waals surface area contributed by atoms with Crippen molar-refractivity contribution in [1.29, 1.82) is 0 Å². The van der Waals surface area contributed by atoms with Gasteiger partial charge in [-0.2, -0.15) is 0 Å². The highest BCUT2D eigenvalue weighted by Gasteiger charge is 2.22. The van der Waals surface area contributed by atoms with Gasteiger partial charge in [0.05, 0.1) is 40.3 Å². The summed E-state index contributed by atoms with van der Waals surface area (Å²) < 4.78 is 22.7. The van der Waals surface area contributed by atoms with Gasteiger partial charge in [-0.15, -0.1) is 0 Å². The van der Waals surface area contributed by atoms with Crippen LogP contribution in [-0.2, 0) is 33.3 Å². The van der Waals surface area contributed by atoms with E-state index in [1.165, 1.54) is 231 Å². The molecule has 77 heavy (non-hydrogen) atoms. The molecule has 0 heterocycles. The molecule has 2 unspecified atom stereocenters. The number of esters is 2. The van der Waals surface area contributed by atoms with Crippen LogP contribution in [-0.4, -0.2) is 82.3 Å². The summed E-state index contributed by atoms with van der Waals surface area (Å²) in [6, 6.07) is 0. The van der Waals surface area contributed by atoms with Gasteiger partial charge in [-0.05, 0) is 70.6 Å². The van der Waals surface area contributed by atoms with Gasteiger partial charge in [0.15, 0.2) is 12.4 Å². The Balaban J connectivity index is 3.97. The molecule has 9 heteroatoms. The molecule has 0 bridgehead atoms. The molecule has 0 saturated heterocycles. The third kappa shape index (κ3) is 61.0. The van der Waals surface area contributed by atoms with Gasteiger partial charge < -0.3 is 33.3 Å². The monoisotopic (exact) mass is 1090 g/mol. The molecule has 0 spiro atoms. The molecule has 9 nitrogen and oxygen atoms in total. The molecular weight excluding hydrogens is 959 g/mol. The lowest BCUT2D eigenvalue weighted by atomic mass is 10.0. The van der Waals surface area contributed by atoms with Crippen LogP contribution in [0.2, 0.25) is 0 Å². The Morgan fingerprint density at radius 1 is 0.390 bits per heavy atom. The number of carbonyl (C=O) groups is 3. The first-order chi connectivity index (χ1) is 37.6. The Labute approximate surface area is 477 Å². The first-order valence-electron chi connectivity index (χ1n) is 33.1. The van der Waals surface area contributed by atoms with E-state index in [1.54, 1.807) is 0 Å².